The van der Waals surface area contributed by atoms with Crippen LogP contribution in [0.4, 0.5) is 0 Å². The Kier molecular flexibility index (Phi) is 1.44. The van der Waals surface area contributed by atoms with Gasteiger partial charge in [0.05, 0.1) is 12.7 Å². The van der Waals surface area contributed by atoms with E-state index in [0.29, 0.717) is 6.10 Å². The molecule has 1 aromatic carbocycles. The van der Waals surface area contributed by atoms with Crippen LogP contribution in [-0.4, -0.2) is 6.61 Å². The van der Waals surface area contributed by atoms with E-state index in [2.05, 4.69) is 24.3 Å². The summed E-state index contributed by atoms with van der Waals surface area (Å²) in [6.07, 6.45) is 1.57. The second-order valence-corrected chi connectivity index (χ2v) is 2.56. The highest BCUT2D eigenvalue weighted by Crippen LogP contribution is 2.28. The summed E-state index contributed by atoms with van der Waals surface area (Å²) in [7, 11) is 0. The lowest BCUT2D eigenvalue weighted by Gasteiger charge is -2.26. The van der Waals surface area contributed by atoms with Gasteiger partial charge in [-0.1, -0.05) is 30.3 Å². The fourth-order valence-corrected chi connectivity index (χ4v) is 1.17. The number of hydrogen-bond donors (Lipinski definition) is 0. The maximum absolute atomic E-state index is 5.32. The first-order valence-corrected chi connectivity index (χ1v) is 3.63. The highest BCUT2D eigenvalue weighted by atomic mass is 16.5. The van der Waals surface area contributed by atoms with E-state index in [9.17, 15) is 0 Å². The van der Waals surface area contributed by atoms with Crippen LogP contribution in [0.5, 0.6) is 0 Å². The predicted octanol–water partition coefficient (Wildman–Crippen LogP) is 2.15. The number of hydrogen-bond acceptors (Lipinski definition) is 1. The number of rotatable bonds is 1. The molecule has 1 heterocycles. The van der Waals surface area contributed by atoms with Gasteiger partial charge in [-0.2, -0.15) is 0 Å². The molecule has 1 fully saturated rings. The maximum Gasteiger partial charge on any atom is 0.0846 e. The van der Waals surface area contributed by atoms with Gasteiger partial charge in [0.25, 0.3) is 0 Å². The van der Waals surface area contributed by atoms with E-state index in [1.165, 1.54) is 12.0 Å². The highest BCUT2D eigenvalue weighted by Gasteiger charge is 2.18. The van der Waals surface area contributed by atoms with Gasteiger partial charge in [0.2, 0.25) is 0 Å². The Morgan fingerprint density at radius 2 is 1.90 bits per heavy atom. The van der Waals surface area contributed by atoms with Gasteiger partial charge in [0, 0.05) is 6.42 Å². The molecule has 0 bridgehead atoms. The molecule has 1 atom stereocenters. The van der Waals surface area contributed by atoms with Crippen molar-refractivity contribution in [3.8, 4) is 0 Å². The second kappa shape index (κ2) is 2.43. The summed E-state index contributed by atoms with van der Waals surface area (Å²) >= 11 is 0. The lowest BCUT2D eigenvalue weighted by atomic mass is 10.0. The molecule has 0 unspecified atom stereocenters. The molecule has 0 aliphatic carbocycles. The smallest absolute Gasteiger partial charge is 0.0846 e. The normalized spacial score (nSPS) is 23.8. The first-order chi connectivity index (χ1) is 4.97. The van der Waals surface area contributed by atoms with E-state index in [0.717, 1.165) is 6.61 Å². The van der Waals surface area contributed by atoms with E-state index >= 15 is 0 Å². The quantitative estimate of drug-likeness (QED) is 0.571. The van der Waals surface area contributed by atoms with E-state index in [1.807, 2.05) is 6.07 Å². The summed E-state index contributed by atoms with van der Waals surface area (Å²) in [6, 6.07) is 10.4. The molecular weight excluding hydrogens is 124 g/mol. The maximum atomic E-state index is 5.32. The first kappa shape index (κ1) is 5.93. The molecule has 1 heteroatoms. The molecule has 10 heavy (non-hydrogen) atoms. The van der Waals surface area contributed by atoms with Gasteiger partial charge in [-0.15, -0.1) is 0 Å². The van der Waals surface area contributed by atoms with Crippen LogP contribution < -0.4 is 0 Å². The van der Waals surface area contributed by atoms with Crippen molar-refractivity contribution in [1.82, 2.24) is 0 Å². The molecule has 1 nitrogen and oxygen atoms in total. The summed E-state index contributed by atoms with van der Waals surface area (Å²) in [5, 5.41) is 0. The average Bonchev–Trinajstić information content (AvgIpc) is 1.86. The molecule has 0 saturated carbocycles. The molecule has 2 rings (SSSR count). The zero-order valence-electron chi connectivity index (χ0n) is 5.79. The Hall–Kier alpha value is -0.820. The third kappa shape index (κ3) is 0.929. The first-order valence-electron chi connectivity index (χ1n) is 3.63. The van der Waals surface area contributed by atoms with Crippen LogP contribution in [0.25, 0.3) is 0 Å². The SMILES string of the molecule is c1ccc([C@@H]2CCO2)cc1. The summed E-state index contributed by atoms with van der Waals surface area (Å²) in [4.78, 5) is 0. The van der Waals surface area contributed by atoms with E-state index in [-0.39, 0.29) is 0 Å². The summed E-state index contributed by atoms with van der Waals surface area (Å²) < 4.78 is 5.32. The van der Waals surface area contributed by atoms with Gasteiger partial charge in [0.1, 0.15) is 0 Å². The Labute approximate surface area is 60.6 Å². The van der Waals surface area contributed by atoms with Crippen molar-refractivity contribution in [3.05, 3.63) is 35.9 Å². The molecule has 1 saturated heterocycles. The van der Waals surface area contributed by atoms with Crippen LogP contribution in [0.3, 0.4) is 0 Å². The molecule has 52 valence electrons. The summed E-state index contributed by atoms with van der Waals surface area (Å²) in [5.41, 5.74) is 1.31. The lowest BCUT2D eigenvalue weighted by molar-refractivity contribution is -0.0527. The van der Waals surface area contributed by atoms with Gasteiger partial charge >= 0.3 is 0 Å². The number of benzene rings is 1. The molecule has 1 aliphatic rings. The van der Waals surface area contributed by atoms with Crippen molar-refractivity contribution in [3.63, 3.8) is 0 Å². The fraction of sp³-hybridized carbons (Fsp3) is 0.333. The Balaban J connectivity index is 2.18. The second-order valence-electron chi connectivity index (χ2n) is 2.56. The zero-order valence-corrected chi connectivity index (χ0v) is 5.79. The minimum atomic E-state index is 0.390. The topological polar surface area (TPSA) is 9.23 Å². The lowest BCUT2D eigenvalue weighted by Crippen LogP contribution is -2.17. The van der Waals surface area contributed by atoms with Crippen molar-refractivity contribution in [2.75, 3.05) is 6.61 Å². The molecule has 1 aromatic rings. The Morgan fingerprint density at radius 1 is 1.20 bits per heavy atom. The third-order valence-electron chi connectivity index (χ3n) is 1.87. The third-order valence-corrected chi connectivity index (χ3v) is 1.87. The largest absolute Gasteiger partial charge is 0.373 e. The van der Waals surface area contributed by atoms with E-state index < -0.39 is 0 Å². The van der Waals surface area contributed by atoms with Gasteiger partial charge in [0.15, 0.2) is 0 Å². The van der Waals surface area contributed by atoms with Crippen LogP contribution in [0.15, 0.2) is 30.3 Å². The summed E-state index contributed by atoms with van der Waals surface area (Å²) in [5.74, 6) is 0. The van der Waals surface area contributed by atoms with Crippen molar-refractivity contribution in [2.24, 2.45) is 0 Å². The monoisotopic (exact) mass is 134 g/mol. The number of ether oxygens (including phenoxy) is 1. The van der Waals surface area contributed by atoms with Crippen molar-refractivity contribution in [1.29, 1.82) is 0 Å². The van der Waals surface area contributed by atoms with Crippen molar-refractivity contribution >= 4 is 0 Å². The van der Waals surface area contributed by atoms with Crippen LogP contribution in [0.2, 0.25) is 0 Å². The molecular formula is C9H10O. The Bertz CT molecular complexity index is 201. The van der Waals surface area contributed by atoms with Crippen LogP contribution in [0.1, 0.15) is 18.1 Å². The van der Waals surface area contributed by atoms with Gasteiger partial charge in [-0.25, -0.2) is 0 Å². The van der Waals surface area contributed by atoms with E-state index in [1.54, 1.807) is 0 Å². The predicted molar refractivity (Wildman–Crippen MR) is 39.8 cm³/mol. The van der Waals surface area contributed by atoms with Crippen LogP contribution in [-0.2, 0) is 4.74 Å². The Morgan fingerprint density at radius 3 is 2.40 bits per heavy atom. The molecule has 0 aromatic heterocycles. The molecule has 0 amide bonds. The molecule has 1 aliphatic heterocycles. The minimum absolute atomic E-state index is 0.390. The highest BCUT2D eigenvalue weighted by molar-refractivity contribution is 5.18. The molecule has 0 N–H and O–H groups in total. The zero-order chi connectivity index (χ0) is 6.81. The van der Waals surface area contributed by atoms with Gasteiger partial charge < -0.3 is 4.74 Å². The van der Waals surface area contributed by atoms with Crippen molar-refractivity contribution < 1.29 is 4.74 Å². The summed E-state index contributed by atoms with van der Waals surface area (Å²) in [6.45, 7) is 0.930. The fourth-order valence-electron chi connectivity index (χ4n) is 1.17. The van der Waals surface area contributed by atoms with Gasteiger partial charge in [-0.3, -0.25) is 0 Å². The minimum Gasteiger partial charge on any atom is -0.373 e. The van der Waals surface area contributed by atoms with Gasteiger partial charge in [-0.05, 0) is 5.56 Å². The van der Waals surface area contributed by atoms with E-state index in [4.69, 9.17) is 4.74 Å². The molecule has 0 radical (unpaired) electrons. The van der Waals surface area contributed by atoms with Crippen LogP contribution >= 0.6 is 0 Å². The standard InChI is InChI=1S/C9H10O/c1-2-4-8(5-3-1)9-6-7-10-9/h1-5,9H,6-7H2/t9-/m0/s1. The molecule has 0 spiro atoms. The average molecular weight is 134 g/mol. The van der Waals surface area contributed by atoms with Crippen molar-refractivity contribution in [2.45, 2.75) is 12.5 Å². The van der Waals surface area contributed by atoms with Crippen LogP contribution in [0, 0.1) is 0 Å².